The molecule has 0 fully saturated rings. The fraction of sp³-hybridized carbons (Fsp3) is 0.400. The van der Waals surface area contributed by atoms with Crippen LogP contribution in [0.15, 0.2) is 43.0 Å². The minimum atomic E-state index is -0.968. The third-order valence-corrected chi connectivity index (χ3v) is 3.07. The van der Waals surface area contributed by atoms with E-state index < -0.39 is 5.54 Å². The minimum absolute atomic E-state index is 0. The number of rotatable bonds is 6. The molecule has 3 nitrogen and oxygen atoms in total. The van der Waals surface area contributed by atoms with Crippen LogP contribution in [-0.4, -0.2) is 24.4 Å². The predicted octanol–water partition coefficient (Wildman–Crippen LogP) is 2.71. The van der Waals surface area contributed by atoms with Gasteiger partial charge in [0.15, 0.2) is 0 Å². The first-order valence-corrected chi connectivity index (χ1v) is 6.21. The fourth-order valence-electron chi connectivity index (χ4n) is 1.88. The van der Waals surface area contributed by atoms with E-state index >= 15 is 0 Å². The summed E-state index contributed by atoms with van der Waals surface area (Å²) in [7, 11) is 1.79. The Hall–Kier alpha value is -1.32. The van der Waals surface area contributed by atoms with Crippen LogP contribution < -0.4 is 5.73 Å². The van der Waals surface area contributed by atoms with Gasteiger partial charge in [-0.3, -0.25) is 4.79 Å². The Morgan fingerprint density at radius 2 is 2.00 bits per heavy atom. The molecule has 0 saturated carbocycles. The SMILES string of the molecule is C=CCCCN(C)C(=O)C(C)(N)c1ccccc1.Cl. The number of amides is 1. The molecule has 0 bridgehead atoms. The number of nitrogens with zero attached hydrogens (tertiary/aromatic N) is 1. The number of carbonyl (C=O) groups excluding carboxylic acids is 1. The van der Waals surface area contributed by atoms with Crippen molar-refractivity contribution in [3.63, 3.8) is 0 Å². The maximum Gasteiger partial charge on any atom is 0.246 e. The molecule has 1 unspecified atom stereocenters. The molecule has 0 heterocycles. The van der Waals surface area contributed by atoms with E-state index in [0.29, 0.717) is 6.54 Å². The molecule has 2 N–H and O–H groups in total. The maximum absolute atomic E-state index is 12.3. The lowest BCUT2D eigenvalue weighted by atomic mass is 9.91. The molecule has 0 aromatic heterocycles. The Morgan fingerprint density at radius 3 is 2.53 bits per heavy atom. The van der Waals surface area contributed by atoms with Crippen molar-refractivity contribution in [3.8, 4) is 0 Å². The molecule has 0 aliphatic rings. The maximum atomic E-state index is 12.3. The van der Waals surface area contributed by atoms with Crippen molar-refractivity contribution in [1.82, 2.24) is 4.90 Å². The third-order valence-electron chi connectivity index (χ3n) is 3.07. The average molecular weight is 283 g/mol. The van der Waals surface area contributed by atoms with Crippen molar-refractivity contribution in [3.05, 3.63) is 48.6 Å². The van der Waals surface area contributed by atoms with E-state index in [-0.39, 0.29) is 18.3 Å². The van der Waals surface area contributed by atoms with Crippen molar-refractivity contribution in [2.75, 3.05) is 13.6 Å². The normalized spacial score (nSPS) is 13.0. The van der Waals surface area contributed by atoms with E-state index in [1.807, 2.05) is 36.4 Å². The highest BCUT2D eigenvalue weighted by Gasteiger charge is 2.32. The predicted molar refractivity (Wildman–Crippen MR) is 82.3 cm³/mol. The van der Waals surface area contributed by atoms with E-state index in [9.17, 15) is 4.79 Å². The Bertz CT molecular complexity index is 404. The number of nitrogens with two attached hydrogens (primary N) is 1. The Labute approximate surface area is 121 Å². The summed E-state index contributed by atoms with van der Waals surface area (Å²) in [5.74, 6) is -0.0576. The molecule has 1 atom stereocenters. The summed E-state index contributed by atoms with van der Waals surface area (Å²) >= 11 is 0. The summed E-state index contributed by atoms with van der Waals surface area (Å²) in [6, 6.07) is 9.47. The lowest BCUT2D eigenvalue weighted by Gasteiger charge is -2.29. The lowest BCUT2D eigenvalue weighted by Crippen LogP contribution is -2.49. The van der Waals surface area contributed by atoms with Gasteiger partial charge in [0.1, 0.15) is 5.54 Å². The summed E-state index contributed by atoms with van der Waals surface area (Å²) in [5, 5.41) is 0. The van der Waals surface area contributed by atoms with E-state index in [4.69, 9.17) is 5.73 Å². The van der Waals surface area contributed by atoms with Gasteiger partial charge in [0.25, 0.3) is 0 Å². The molecule has 0 saturated heterocycles. The van der Waals surface area contributed by atoms with Crippen molar-refractivity contribution in [2.45, 2.75) is 25.3 Å². The van der Waals surface area contributed by atoms with Crippen LogP contribution in [0.1, 0.15) is 25.3 Å². The van der Waals surface area contributed by atoms with Gasteiger partial charge in [-0.15, -0.1) is 19.0 Å². The highest BCUT2D eigenvalue weighted by atomic mass is 35.5. The topological polar surface area (TPSA) is 46.3 Å². The smallest absolute Gasteiger partial charge is 0.246 e. The Balaban J connectivity index is 0.00000324. The average Bonchev–Trinajstić information content (AvgIpc) is 2.39. The van der Waals surface area contributed by atoms with Crippen LogP contribution in [0.2, 0.25) is 0 Å². The first kappa shape index (κ1) is 17.7. The summed E-state index contributed by atoms with van der Waals surface area (Å²) in [4.78, 5) is 14.0. The molecule has 1 aromatic carbocycles. The van der Waals surface area contributed by atoms with E-state index in [1.165, 1.54) is 0 Å². The van der Waals surface area contributed by atoms with Gasteiger partial charge in [-0.2, -0.15) is 0 Å². The third kappa shape index (κ3) is 4.69. The highest BCUT2D eigenvalue weighted by molar-refractivity contribution is 5.86. The van der Waals surface area contributed by atoms with Crippen LogP contribution in [-0.2, 0) is 10.3 Å². The van der Waals surface area contributed by atoms with Gasteiger partial charge in [0.05, 0.1) is 0 Å². The first-order chi connectivity index (χ1) is 8.50. The zero-order valence-electron chi connectivity index (χ0n) is 11.6. The van der Waals surface area contributed by atoms with Crippen LogP contribution in [0.3, 0.4) is 0 Å². The summed E-state index contributed by atoms with van der Waals surface area (Å²) in [6.07, 6.45) is 3.68. The monoisotopic (exact) mass is 282 g/mol. The molecule has 19 heavy (non-hydrogen) atoms. The van der Waals surface area contributed by atoms with Crippen LogP contribution >= 0.6 is 12.4 Å². The van der Waals surface area contributed by atoms with E-state index in [1.54, 1.807) is 18.9 Å². The van der Waals surface area contributed by atoms with Crippen molar-refractivity contribution >= 4 is 18.3 Å². The molecule has 4 heteroatoms. The second-order valence-electron chi connectivity index (χ2n) is 4.73. The van der Waals surface area contributed by atoms with Gasteiger partial charge in [-0.1, -0.05) is 36.4 Å². The standard InChI is InChI=1S/C15H22N2O.ClH/c1-4-5-9-12-17(3)14(18)15(2,16)13-10-7-6-8-11-13;/h4,6-8,10-11H,1,5,9,12,16H2,2-3H3;1H. The van der Waals surface area contributed by atoms with Gasteiger partial charge in [-0.05, 0) is 25.3 Å². The van der Waals surface area contributed by atoms with E-state index in [2.05, 4.69) is 6.58 Å². The largest absolute Gasteiger partial charge is 0.344 e. The molecule has 0 radical (unpaired) electrons. The van der Waals surface area contributed by atoms with Gasteiger partial charge in [-0.25, -0.2) is 0 Å². The zero-order valence-corrected chi connectivity index (χ0v) is 12.5. The van der Waals surface area contributed by atoms with Gasteiger partial charge >= 0.3 is 0 Å². The molecule has 1 aromatic rings. The Kier molecular flexibility index (Phi) is 7.42. The number of carbonyl (C=O) groups is 1. The summed E-state index contributed by atoms with van der Waals surface area (Å²) in [6.45, 7) is 6.13. The number of halogens is 1. The van der Waals surface area contributed by atoms with Gasteiger partial charge in [0, 0.05) is 13.6 Å². The zero-order chi connectivity index (χ0) is 13.6. The van der Waals surface area contributed by atoms with Crippen LogP contribution in [0.4, 0.5) is 0 Å². The van der Waals surface area contributed by atoms with Crippen molar-refractivity contribution in [2.24, 2.45) is 5.73 Å². The first-order valence-electron chi connectivity index (χ1n) is 6.21. The van der Waals surface area contributed by atoms with Gasteiger partial charge < -0.3 is 10.6 Å². The molecule has 0 spiro atoms. The number of hydrogen-bond acceptors (Lipinski definition) is 2. The Morgan fingerprint density at radius 1 is 1.42 bits per heavy atom. The molecule has 0 aliphatic carbocycles. The van der Waals surface area contributed by atoms with E-state index in [0.717, 1.165) is 18.4 Å². The molecular formula is C15H23ClN2O. The summed E-state index contributed by atoms with van der Waals surface area (Å²) < 4.78 is 0. The van der Waals surface area contributed by atoms with Gasteiger partial charge in [0.2, 0.25) is 5.91 Å². The number of benzene rings is 1. The van der Waals surface area contributed by atoms with Crippen molar-refractivity contribution in [1.29, 1.82) is 0 Å². The molecule has 106 valence electrons. The lowest BCUT2D eigenvalue weighted by molar-refractivity contribution is -0.135. The molecule has 0 aliphatic heterocycles. The quantitative estimate of drug-likeness (QED) is 0.644. The molecule has 1 amide bonds. The molecule has 1 rings (SSSR count). The minimum Gasteiger partial charge on any atom is -0.344 e. The van der Waals surface area contributed by atoms with Crippen LogP contribution in [0.5, 0.6) is 0 Å². The van der Waals surface area contributed by atoms with Crippen LogP contribution in [0.25, 0.3) is 0 Å². The highest BCUT2D eigenvalue weighted by Crippen LogP contribution is 2.19. The van der Waals surface area contributed by atoms with Crippen molar-refractivity contribution < 1.29 is 4.79 Å². The summed E-state index contributed by atoms with van der Waals surface area (Å²) in [5.41, 5.74) is 6.05. The number of hydrogen-bond donors (Lipinski definition) is 1. The second-order valence-corrected chi connectivity index (χ2v) is 4.73. The number of unbranched alkanes of at least 4 members (excludes halogenated alkanes) is 1. The molecular weight excluding hydrogens is 260 g/mol. The number of likely N-dealkylation sites (N-methyl/N-ethyl adjacent to an activating group) is 1. The van der Waals surface area contributed by atoms with Crippen LogP contribution in [0, 0.1) is 0 Å². The number of allylic oxidation sites excluding steroid dienone is 1. The fourth-order valence-corrected chi connectivity index (χ4v) is 1.88. The second kappa shape index (κ2) is 7.97.